The Balaban J connectivity index is 1.82. The van der Waals surface area contributed by atoms with E-state index < -0.39 is 0 Å². The minimum atomic E-state index is -0.359. The maximum atomic E-state index is 13.8. The van der Waals surface area contributed by atoms with Crippen LogP contribution in [0.1, 0.15) is 34.9 Å². The highest BCUT2D eigenvalue weighted by atomic mass is 19.1. The molecule has 2 aromatic carbocycles. The molecular formula is C19H19FN2O2. The van der Waals surface area contributed by atoms with Crippen molar-refractivity contribution in [3.63, 3.8) is 0 Å². The number of carbonyl (C=O) groups is 1. The van der Waals surface area contributed by atoms with E-state index >= 15 is 0 Å². The van der Waals surface area contributed by atoms with Crippen molar-refractivity contribution in [1.29, 1.82) is 0 Å². The lowest BCUT2D eigenvalue weighted by Crippen LogP contribution is -2.29. The molecule has 0 bridgehead atoms. The lowest BCUT2D eigenvalue weighted by Gasteiger charge is -2.18. The van der Waals surface area contributed by atoms with Gasteiger partial charge in [0.25, 0.3) is 5.91 Å². The Hall–Kier alpha value is -2.66. The van der Waals surface area contributed by atoms with Crippen molar-refractivity contribution >= 4 is 16.8 Å². The van der Waals surface area contributed by atoms with Crippen molar-refractivity contribution in [3.05, 3.63) is 71.7 Å². The van der Waals surface area contributed by atoms with Crippen molar-refractivity contribution in [2.24, 2.45) is 0 Å². The second kappa shape index (κ2) is 7.27. The van der Waals surface area contributed by atoms with Crippen molar-refractivity contribution in [2.45, 2.75) is 18.9 Å². The standard InChI is InChI=1S/C19H19FN2O2/c20-15-8-4-9-17-14(15)12-18(21-17)19(24)22-16(10-5-11-23)13-6-2-1-3-7-13/h1-4,6-9,12,16,21,23H,5,10-11H2,(H,22,24). The summed E-state index contributed by atoms with van der Waals surface area (Å²) in [5.41, 5.74) is 1.88. The number of halogens is 1. The highest BCUT2D eigenvalue weighted by Crippen LogP contribution is 2.21. The molecule has 1 heterocycles. The van der Waals surface area contributed by atoms with Crippen LogP contribution < -0.4 is 5.32 Å². The van der Waals surface area contributed by atoms with Gasteiger partial charge in [0.1, 0.15) is 11.5 Å². The third-order valence-corrected chi connectivity index (χ3v) is 4.01. The number of benzene rings is 2. The molecule has 1 amide bonds. The van der Waals surface area contributed by atoms with E-state index in [4.69, 9.17) is 5.11 Å². The predicted octanol–water partition coefficient (Wildman–Crippen LogP) is 3.55. The van der Waals surface area contributed by atoms with E-state index in [2.05, 4.69) is 10.3 Å². The van der Waals surface area contributed by atoms with E-state index in [0.29, 0.717) is 29.4 Å². The fraction of sp³-hybridized carbons (Fsp3) is 0.211. The molecule has 3 aromatic rings. The molecule has 0 aliphatic rings. The third kappa shape index (κ3) is 3.46. The predicted molar refractivity (Wildman–Crippen MR) is 91.2 cm³/mol. The molecule has 24 heavy (non-hydrogen) atoms. The highest BCUT2D eigenvalue weighted by molar-refractivity contribution is 5.98. The number of carbonyl (C=O) groups excluding carboxylic acids is 1. The number of aliphatic hydroxyl groups is 1. The molecule has 3 N–H and O–H groups in total. The van der Waals surface area contributed by atoms with Crippen LogP contribution in [0.5, 0.6) is 0 Å². The normalized spacial score (nSPS) is 12.2. The number of hydrogen-bond acceptors (Lipinski definition) is 2. The average Bonchev–Trinajstić information content (AvgIpc) is 3.05. The first-order valence-electron chi connectivity index (χ1n) is 7.93. The largest absolute Gasteiger partial charge is 0.396 e. The van der Waals surface area contributed by atoms with Gasteiger partial charge in [0.2, 0.25) is 0 Å². The van der Waals surface area contributed by atoms with Crippen LogP contribution in [0.4, 0.5) is 4.39 Å². The molecule has 0 radical (unpaired) electrons. The minimum absolute atomic E-state index is 0.0663. The maximum Gasteiger partial charge on any atom is 0.268 e. The molecule has 3 rings (SSSR count). The summed E-state index contributed by atoms with van der Waals surface area (Å²) in [5.74, 6) is -0.653. The highest BCUT2D eigenvalue weighted by Gasteiger charge is 2.17. The Morgan fingerprint density at radius 2 is 1.96 bits per heavy atom. The van der Waals surface area contributed by atoms with E-state index in [1.54, 1.807) is 12.1 Å². The van der Waals surface area contributed by atoms with Crippen LogP contribution in [0.3, 0.4) is 0 Å². The fourth-order valence-corrected chi connectivity index (χ4v) is 2.78. The zero-order valence-corrected chi connectivity index (χ0v) is 13.1. The van der Waals surface area contributed by atoms with Gasteiger partial charge in [-0.3, -0.25) is 4.79 Å². The molecule has 124 valence electrons. The van der Waals surface area contributed by atoms with Crippen LogP contribution in [-0.2, 0) is 0 Å². The summed E-state index contributed by atoms with van der Waals surface area (Å²) < 4.78 is 13.8. The van der Waals surface area contributed by atoms with Gasteiger partial charge in [0.05, 0.1) is 6.04 Å². The average molecular weight is 326 g/mol. The van der Waals surface area contributed by atoms with Gasteiger partial charge in [-0.1, -0.05) is 36.4 Å². The Morgan fingerprint density at radius 3 is 2.67 bits per heavy atom. The van der Waals surface area contributed by atoms with E-state index in [1.807, 2.05) is 30.3 Å². The van der Waals surface area contributed by atoms with E-state index in [0.717, 1.165) is 5.56 Å². The number of aromatic amines is 1. The number of fused-ring (bicyclic) bond motifs is 1. The molecule has 4 nitrogen and oxygen atoms in total. The molecule has 5 heteroatoms. The van der Waals surface area contributed by atoms with E-state index in [9.17, 15) is 9.18 Å². The van der Waals surface area contributed by atoms with Crippen LogP contribution in [0.2, 0.25) is 0 Å². The van der Waals surface area contributed by atoms with Gasteiger partial charge in [0, 0.05) is 17.5 Å². The number of aromatic nitrogens is 1. The third-order valence-electron chi connectivity index (χ3n) is 4.01. The van der Waals surface area contributed by atoms with Gasteiger partial charge in [-0.2, -0.15) is 0 Å². The molecule has 1 unspecified atom stereocenters. The minimum Gasteiger partial charge on any atom is -0.396 e. The SMILES string of the molecule is O=C(NC(CCCO)c1ccccc1)c1cc2c(F)cccc2[nH]1. The molecule has 0 saturated carbocycles. The fourth-order valence-electron chi connectivity index (χ4n) is 2.78. The lowest BCUT2D eigenvalue weighted by molar-refractivity contribution is 0.0928. The molecule has 0 fully saturated rings. The first kappa shape index (κ1) is 16.2. The number of hydrogen-bond donors (Lipinski definition) is 3. The number of nitrogens with one attached hydrogen (secondary N) is 2. The number of aliphatic hydroxyl groups excluding tert-OH is 1. The van der Waals surface area contributed by atoms with Crippen molar-refractivity contribution in [3.8, 4) is 0 Å². The summed E-state index contributed by atoms with van der Waals surface area (Å²) in [6, 6.07) is 15.6. The molecule has 0 saturated heterocycles. The van der Waals surface area contributed by atoms with Crippen molar-refractivity contribution in [1.82, 2.24) is 10.3 Å². The van der Waals surface area contributed by atoms with Crippen LogP contribution in [0.25, 0.3) is 10.9 Å². The van der Waals surface area contributed by atoms with Crippen LogP contribution in [-0.4, -0.2) is 22.6 Å². The molecule has 0 aliphatic carbocycles. The Morgan fingerprint density at radius 1 is 1.17 bits per heavy atom. The summed E-state index contributed by atoms with van der Waals surface area (Å²) in [6.45, 7) is 0.0663. The molecule has 0 spiro atoms. The van der Waals surface area contributed by atoms with Crippen molar-refractivity contribution in [2.75, 3.05) is 6.61 Å². The van der Waals surface area contributed by atoms with Crippen LogP contribution in [0, 0.1) is 5.82 Å². The van der Waals surface area contributed by atoms with Gasteiger partial charge in [-0.15, -0.1) is 0 Å². The summed E-state index contributed by atoms with van der Waals surface area (Å²) >= 11 is 0. The van der Waals surface area contributed by atoms with Gasteiger partial charge in [-0.25, -0.2) is 4.39 Å². The topological polar surface area (TPSA) is 65.1 Å². The number of H-pyrrole nitrogens is 1. The van der Waals surface area contributed by atoms with Gasteiger partial charge in [-0.05, 0) is 36.6 Å². The summed E-state index contributed by atoms with van der Waals surface area (Å²) in [5, 5.41) is 12.4. The van der Waals surface area contributed by atoms with Crippen molar-refractivity contribution < 1.29 is 14.3 Å². The molecule has 1 atom stereocenters. The smallest absolute Gasteiger partial charge is 0.268 e. The van der Waals surface area contributed by atoms with Crippen LogP contribution in [0.15, 0.2) is 54.6 Å². The number of rotatable bonds is 6. The zero-order valence-electron chi connectivity index (χ0n) is 13.1. The first-order chi connectivity index (χ1) is 11.7. The summed E-state index contributed by atoms with van der Waals surface area (Å²) in [6.07, 6.45) is 1.21. The van der Waals surface area contributed by atoms with Gasteiger partial charge >= 0.3 is 0 Å². The second-order valence-electron chi connectivity index (χ2n) is 5.69. The Bertz CT molecular complexity index is 830. The second-order valence-corrected chi connectivity index (χ2v) is 5.69. The van der Waals surface area contributed by atoms with Gasteiger partial charge in [0.15, 0.2) is 0 Å². The lowest BCUT2D eigenvalue weighted by atomic mass is 10.0. The first-order valence-corrected chi connectivity index (χ1v) is 7.93. The molecule has 1 aromatic heterocycles. The molecule has 0 aliphatic heterocycles. The van der Waals surface area contributed by atoms with Crippen LogP contribution >= 0.6 is 0 Å². The summed E-state index contributed by atoms with van der Waals surface area (Å²) in [4.78, 5) is 15.5. The summed E-state index contributed by atoms with van der Waals surface area (Å²) in [7, 11) is 0. The monoisotopic (exact) mass is 326 g/mol. The quantitative estimate of drug-likeness (QED) is 0.648. The van der Waals surface area contributed by atoms with E-state index in [-0.39, 0.29) is 24.4 Å². The van der Waals surface area contributed by atoms with Gasteiger partial charge < -0.3 is 15.4 Å². The Labute approximate surface area is 139 Å². The Kier molecular flexibility index (Phi) is 4.91. The van der Waals surface area contributed by atoms with E-state index in [1.165, 1.54) is 12.1 Å². The number of amides is 1. The molecular weight excluding hydrogens is 307 g/mol. The zero-order chi connectivity index (χ0) is 16.9. The maximum absolute atomic E-state index is 13.8.